The van der Waals surface area contributed by atoms with Gasteiger partial charge in [0.25, 0.3) is 6.29 Å². The lowest BCUT2D eigenvalue weighted by Crippen LogP contribution is -2.59. The summed E-state index contributed by atoms with van der Waals surface area (Å²) in [6.45, 7) is 5.90. The van der Waals surface area contributed by atoms with E-state index in [9.17, 15) is 28.8 Å². The molecule has 12 nitrogen and oxygen atoms in total. The van der Waals surface area contributed by atoms with Crippen LogP contribution in [0.1, 0.15) is 41.5 Å². The Labute approximate surface area is 173 Å². The first-order valence-electron chi connectivity index (χ1n) is 8.81. The minimum atomic E-state index is -1.79. The molecule has 0 aliphatic carbocycles. The summed E-state index contributed by atoms with van der Waals surface area (Å²) in [4.78, 5) is 70.8. The maximum absolute atomic E-state index is 12.1. The van der Waals surface area contributed by atoms with Gasteiger partial charge in [0.1, 0.15) is 12.6 Å². The molecule has 0 saturated heterocycles. The number of rotatable bonds is 10. The highest BCUT2D eigenvalue weighted by molar-refractivity contribution is 5.74. The van der Waals surface area contributed by atoms with Crippen LogP contribution in [0, 0.1) is 0 Å². The predicted molar refractivity (Wildman–Crippen MR) is 97.3 cm³/mol. The lowest BCUT2D eigenvalue weighted by atomic mass is 10.0. The van der Waals surface area contributed by atoms with Crippen molar-refractivity contribution in [3.8, 4) is 0 Å². The maximum Gasteiger partial charge on any atom is 0.305 e. The number of likely N-dealkylation sites (N-methyl/N-ethyl adjacent to an activating group) is 1. The van der Waals surface area contributed by atoms with Crippen LogP contribution in [0.25, 0.3) is 0 Å². The molecule has 0 fully saturated rings. The van der Waals surface area contributed by atoms with Gasteiger partial charge in [0, 0.05) is 48.6 Å². The third kappa shape index (κ3) is 9.85. The van der Waals surface area contributed by atoms with Crippen molar-refractivity contribution in [2.45, 2.75) is 66.1 Å². The number of hydrogen-bond donors (Lipinski definition) is 0. The molecule has 0 bridgehead atoms. The van der Waals surface area contributed by atoms with Crippen LogP contribution in [0.2, 0.25) is 0 Å². The molecule has 0 aromatic heterocycles. The van der Waals surface area contributed by atoms with Crippen LogP contribution in [0.15, 0.2) is 0 Å². The normalized spacial score (nSPS) is 13.3. The van der Waals surface area contributed by atoms with E-state index in [0.717, 1.165) is 39.5 Å². The summed E-state index contributed by atoms with van der Waals surface area (Å²) in [6, 6.07) is -1.36. The van der Waals surface area contributed by atoms with E-state index in [4.69, 9.17) is 23.7 Å². The second-order valence-corrected chi connectivity index (χ2v) is 6.23. The van der Waals surface area contributed by atoms with E-state index >= 15 is 0 Å². The molecule has 3 atom stereocenters. The van der Waals surface area contributed by atoms with Gasteiger partial charge in [-0.2, -0.15) is 0 Å². The molecular formula is C18H27NO11. The Bertz CT molecular complexity index is 659. The predicted octanol–water partition coefficient (Wildman–Crippen LogP) is -0.288. The summed E-state index contributed by atoms with van der Waals surface area (Å²) in [7, 11) is 1.28. The molecule has 0 heterocycles. The minimum Gasteiger partial charge on any atom is -0.462 e. The summed E-state index contributed by atoms with van der Waals surface area (Å²) in [6.07, 6.45) is -4.77. The highest BCUT2D eigenvalue weighted by Crippen LogP contribution is 2.22. The fraction of sp³-hybridized carbons (Fsp3) is 0.667. The fourth-order valence-electron chi connectivity index (χ4n) is 2.47. The first-order chi connectivity index (χ1) is 13.8. The SMILES string of the molecule is CC(=O)OCC(OC(C)=O)C(C(OC(C)=O)C(OC(C)=O)OC(C)=O)N(C)C(C)=O. The third-order valence-electron chi connectivity index (χ3n) is 3.56. The van der Waals surface area contributed by atoms with Crippen LogP contribution in [0.3, 0.4) is 0 Å². The van der Waals surface area contributed by atoms with Crippen LogP contribution in [-0.2, 0) is 52.5 Å². The molecular weight excluding hydrogens is 406 g/mol. The topological polar surface area (TPSA) is 152 Å². The first-order valence-corrected chi connectivity index (χ1v) is 8.81. The lowest BCUT2D eigenvalue weighted by Gasteiger charge is -2.39. The van der Waals surface area contributed by atoms with Gasteiger partial charge < -0.3 is 28.6 Å². The van der Waals surface area contributed by atoms with E-state index in [0.29, 0.717) is 0 Å². The second-order valence-electron chi connectivity index (χ2n) is 6.23. The zero-order chi connectivity index (χ0) is 23.6. The molecule has 12 heteroatoms. The fourth-order valence-corrected chi connectivity index (χ4v) is 2.47. The Hall–Kier alpha value is -3.18. The molecule has 170 valence electrons. The van der Waals surface area contributed by atoms with Gasteiger partial charge in [-0.1, -0.05) is 0 Å². The Balaban J connectivity index is 6.45. The molecule has 0 N–H and O–H groups in total. The number of hydrogen-bond acceptors (Lipinski definition) is 11. The van der Waals surface area contributed by atoms with Gasteiger partial charge in [-0.3, -0.25) is 28.8 Å². The van der Waals surface area contributed by atoms with Gasteiger partial charge in [-0.15, -0.1) is 0 Å². The van der Waals surface area contributed by atoms with Crippen LogP contribution >= 0.6 is 0 Å². The zero-order valence-corrected chi connectivity index (χ0v) is 18.0. The summed E-state index contributed by atoms with van der Waals surface area (Å²) in [5.74, 6) is -4.72. The van der Waals surface area contributed by atoms with Crippen molar-refractivity contribution < 1.29 is 52.5 Å². The van der Waals surface area contributed by atoms with E-state index in [1.807, 2.05) is 0 Å². The summed E-state index contributed by atoms with van der Waals surface area (Å²) in [5, 5.41) is 0. The molecule has 0 spiro atoms. The minimum absolute atomic E-state index is 0.526. The standard InChI is InChI=1S/C18H27NO11/c1-9(20)19(7)16(15(27-11(3)22)8-26-10(2)21)17(28-12(4)23)18(29-13(5)24)30-14(6)25/h15-18H,8H2,1-7H3. The third-order valence-corrected chi connectivity index (χ3v) is 3.56. The summed E-state index contributed by atoms with van der Waals surface area (Å²) < 4.78 is 25.2. The van der Waals surface area contributed by atoms with Crippen molar-refractivity contribution >= 4 is 35.8 Å². The van der Waals surface area contributed by atoms with Crippen molar-refractivity contribution in [2.75, 3.05) is 13.7 Å². The van der Waals surface area contributed by atoms with Crippen LogP contribution in [0.5, 0.6) is 0 Å². The van der Waals surface area contributed by atoms with Crippen LogP contribution in [-0.4, -0.2) is 78.8 Å². The van der Waals surface area contributed by atoms with Gasteiger partial charge in [0.2, 0.25) is 5.91 Å². The quantitative estimate of drug-likeness (QED) is 0.254. The van der Waals surface area contributed by atoms with E-state index in [2.05, 4.69) is 0 Å². The molecule has 3 unspecified atom stereocenters. The van der Waals surface area contributed by atoms with E-state index in [1.165, 1.54) is 14.0 Å². The Morgan fingerprint density at radius 3 is 1.43 bits per heavy atom. The van der Waals surface area contributed by atoms with Crippen molar-refractivity contribution in [3.05, 3.63) is 0 Å². The average molecular weight is 433 g/mol. The summed E-state index contributed by atoms with van der Waals surface area (Å²) >= 11 is 0. The van der Waals surface area contributed by atoms with Gasteiger partial charge in [-0.05, 0) is 0 Å². The second kappa shape index (κ2) is 12.4. The first kappa shape index (κ1) is 26.8. The van der Waals surface area contributed by atoms with E-state index < -0.39 is 66.9 Å². The number of nitrogens with zero attached hydrogens (tertiary/aromatic N) is 1. The van der Waals surface area contributed by atoms with Crippen molar-refractivity contribution in [1.29, 1.82) is 0 Å². The van der Waals surface area contributed by atoms with E-state index in [1.54, 1.807) is 0 Å². The Morgan fingerprint density at radius 1 is 0.667 bits per heavy atom. The smallest absolute Gasteiger partial charge is 0.305 e. The van der Waals surface area contributed by atoms with Gasteiger partial charge >= 0.3 is 29.8 Å². The number of carbonyl (C=O) groups is 6. The maximum atomic E-state index is 12.1. The van der Waals surface area contributed by atoms with E-state index in [-0.39, 0.29) is 0 Å². The molecule has 0 aromatic rings. The highest BCUT2D eigenvalue weighted by Gasteiger charge is 2.46. The molecule has 1 amide bonds. The highest BCUT2D eigenvalue weighted by atomic mass is 16.7. The number of carbonyl (C=O) groups excluding carboxylic acids is 6. The van der Waals surface area contributed by atoms with Gasteiger partial charge in [0.15, 0.2) is 12.2 Å². The largest absolute Gasteiger partial charge is 0.462 e. The molecule has 0 rings (SSSR count). The van der Waals surface area contributed by atoms with Gasteiger partial charge in [0.05, 0.1) is 0 Å². The molecule has 0 aliphatic heterocycles. The monoisotopic (exact) mass is 433 g/mol. The zero-order valence-electron chi connectivity index (χ0n) is 18.0. The molecule has 0 saturated carbocycles. The summed E-state index contributed by atoms with van der Waals surface area (Å²) in [5.41, 5.74) is 0. The molecule has 30 heavy (non-hydrogen) atoms. The number of ether oxygens (including phenoxy) is 5. The molecule has 0 aromatic carbocycles. The van der Waals surface area contributed by atoms with Gasteiger partial charge in [-0.25, -0.2) is 0 Å². The molecule has 0 radical (unpaired) electrons. The Kier molecular flexibility index (Phi) is 11.1. The van der Waals surface area contributed by atoms with Crippen LogP contribution < -0.4 is 0 Å². The lowest BCUT2D eigenvalue weighted by molar-refractivity contribution is -0.226. The molecule has 0 aliphatic rings. The average Bonchev–Trinajstić information content (AvgIpc) is 2.56. The van der Waals surface area contributed by atoms with Crippen molar-refractivity contribution in [3.63, 3.8) is 0 Å². The van der Waals surface area contributed by atoms with Crippen molar-refractivity contribution in [1.82, 2.24) is 4.90 Å². The number of amides is 1. The number of esters is 5. The Morgan fingerprint density at radius 2 is 1.10 bits per heavy atom. The van der Waals surface area contributed by atoms with Crippen LogP contribution in [0.4, 0.5) is 0 Å². The van der Waals surface area contributed by atoms with Crippen molar-refractivity contribution in [2.24, 2.45) is 0 Å².